The molecule has 0 spiro atoms. The van der Waals surface area contributed by atoms with Crippen LogP contribution in [0.4, 0.5) is 26.3 Å². The van der Waals surface area contributed by atoms with Crippen LogP contribution in [0.5, 0.6) is 0 Å². The Hall–Kier alpha value is -0.990. The summed E-state index contributed by atoms with van der Waals surface area (Å²) in [5.74, 6) is -5.93. The van der Waals surface area contributed by atoms with Gasteiger partial charge in [0.05, 0.1) is 0 Å². The lowest BCUT2D eigenvalue weighted by atomic mass is 10.0. The summed E-state index contributed by atoms with van der Waals surface area (Å²) in [7, 11) is 0. The Bertz CT molecular complexity index is 299. The fourth-order valence-corrected chi connectivity index (χ4v) is 1.86. The summed E-state index contributed by atoms with van der Waals surface area (Å²) >= 11 is 0. The summed E-state index contributed by atoms with van der Waals surface area (Å²) in [6, 6.07) is -0.579. The molecule has 0 aliphatic carbocycles. The van der Waals surface area contributed by atoms with Gasteiger partial charge in [-0.05, 0) is 12.8 Å². The normalized spacial score (nSPS) is 22.4. The Morgan fingerprint density at radius 2 is 1.67 bits per heavy atom. The highest BCUT2D eigenvalue weighted by Gasteiger charge is 2.62. The minimum absolute atomic E-state index is 0.130. The second kappa shape index (κ2) is 4.94. The van der Waals surface area contributed by atoms with E-state index in [4.69, 9.17) is 5.73 Å². The van der Waals surface area contributed by atoms with Crippen molar-refractivity contribution >= 4 is 5.91 Å². The molecule has 1 amide bonds. The van der Waals surface area contributed by atoms with E-state index in [-0.39, 0.29) is 13.1 Å². The molecule has 0 radical (unpaired) electrons. The molecule has 1 fully saturated rings. The molecule has 0 aromatic rings. The number of hydrogen-bond donors (Lipinski definition) is 1. The van der Waals surface area contributed by atoms with Crippen molar-refractivity contribution in [1.29, 1.82) is 0 Å². The van der Waals surface area contributed by atoms with Gasteiger partial charge in [-0.3, -0.25) is 4.79 Å². The molecule has 106 valence electrons. The fourth-order valence-electron chi connectivity index (χ4n) is 1.86. The van der Waals surface area contributed by atoms with Gasteiger partial charge in [0, 0.05) is 19.1 Å². The highest BCUT2D eigenvalue weighted by Crippen LogP contribution is 2.40. The molecule has 1 aliphatic rings. The van der Waals surface area contributed by atoms with Gasteiger partial charge in [0.2, 0.25) is 11.8 Å². The lowest BCUT2D eigenvalue weighted by molar-refractivity contribution is -0.277. The second-order valence-electron chi connectivity index (χ2n) is 4.20. The van der Waals surface area contributed by atoms with Crippen LogP contribution < -0.4 is 5.73 Å². The minimum Gasteiger partial charge on any atom is -0.340 e. The van der Waals surface area contributed by atoms with E-state index in [0.717, 1.165) is 0 Å². The molecule has 1 rings (SSSR count). The summed E-state index contributed by atoms with van der Waals surface area (Å²) in [5.41, 5.74) is 5.42. The van der Waals surface area contributed by atoms with Gasteiger partial charge in [0.1, 0.15) is 0 Å². The molecule has 1 saturated heterocycles. The molecule has 0 aromatic heterocycles. The summed E-state index contributed by atoms with van der Waals surface area (Å²) in [4.78, 5) is 11.9. The highest BCUT2D eigenvalue weighted by molar-refractivity contribution is 5.80. The first-order valence-corrected chi connectivity index (χ1v) is 5.21. The lowest BCUT2D eigenvalue weighted by Crippen LogP contribution is -2.54. The molecule has 18 heavy (non-hydrogen) atoms. The zero-order valence-corrected chi connectivity index (χ0v) is 9.18. The monoisotopic (exact) mass is 278 g/mol. The van der Waals surface area contributed by atoms with Gasteiger partial charge in [-0.15, -0.1) is 0 Å². The summed E-state index contributed by atoms with van der Waals surface area (Å²) in [6.45, 7) is -0.406. The van der Waals surface area contributed by atoms with E-state index in [1.165, 1.54) is 0 Å². The maximum absolute atomic E-state index is 12.3. The van der Waals surface area contributed by atoms with Crippen molar-refractivity contribution in [3.8, 4) is 0 Å². The van der Waals surface area contributed by atoms with E-state index in [1.54, 1.807) is 0 Å². The molecule has 9 heteroatoms. The van der Waals surface area contributed by atoms with Gasteiger partial charge >= 0.3 is 12.4 Å². The van der Waals surface area contributed by atoms with Crippen molar-refractivity contribution in [1.82, 2.24) is 4.90 Å². The van der Waals surface area contributed by atoms with Crippen LogP contribution in [0.15, 0.2) is 0 Å². The van der Waals surface area contributed by atoms with E-state index < -0.39 is 30.2 Å². The molecule has 0 saturated carbocycles. The Kier molecular flexibility index (Phi) is 4.14. The van der Waals surface area contributed by atoms with Crippen LogP contribution in [0, 0.1) is 5.92 Å². The van der Waals surface area contributed by atoms with E-state index >= 15 is 0 Å². The molecular weight excluding hydrogens is 266 g/mol. The van der Waals surface area contributed by atoms with Crippen molar-refractivity contribution in [2.45, 2.75) is 31.2 Å². The number of alkyl halides is 6. The number of carbonyl (C=O) groups is 1. The van der Waals surface area contributed by atoms with Gasteiger partial charge in [-0.2, -0.15) is 26.3 Å². The SMILES string of the molecule is N[C@@H]1CCCN(C(=O)C(C(F)(F)F)C(F)(F)F)C1. The standard InChI is InChI=1S/C9H12F6N2O/c10-8(11,12)6(9(13,14)15)7(18)17-3-1-2-5(16)4-17/h5-6H,1-4,16H2/t5-/m1/s1. The predicted molar refractivity (Wildman–Crippen MR) is 49.4 cm³/mol. The molecule has 0 unspecified atom stereocenters. The molecule has 3 nitrogen and oxygen atoms in total. The maximum Gasteiger partial charge on any atom is 0.409 e. The predicted octanol–water partition coefficient (Wildman–Crippen LogP) is 1.68. The van der Waals surface area contributed by atoms with E-state index in [1.807, 2.05) is 0 Å². The van der Waals surface area contributed by atoms with Gasteiger partial charge < -0.3 is 10.6 Å². The Morgan fingerprint density at radius 3 is 2.06 bits per heavy atom. The average molecular weight is 278 g/mol. The van der Waals surface area contributed by atoms with Crippen molar-refractivity contribution in [2.75, 3.05) is 13.1 Å². The zero-order chi connectivity index (χ0) is 14.1. The number of amides is 1. The largest absolute Gasteiger partial charge is 0.409 e. The first-order valence-electron chi connectivity index (χ1n) is 5.21. The topological polar surface area (TPSA) is 46.3 Å². The van der Waals surface area contributed by atoms with Crippen LogP contribution in [-0.2, 0) is 4.79 Å². The summed E-state index contributed by atoms with van der Waals surface area (Å²) in [6.07, 6.45) is -10.5. The number of hydrogen-bond acceptors (Lipinski definition) is 2. The third-order valence-electron chi connectivity index (χ3n) is 2.67. The molecule has 1 atom stereocenters. The number of rotatable bonds is 1. The third kappa shape index (κ3) is 3.50. The van der Waals surface area contributed by atoms with Crippen LogP contribution in [0.3, 0.4) is 0 Å². The summed E-state index contributed by atoms with van der Waals surface area (Å²) in [5, 5.41) is 0. The van der Waals surface area contributed by atoms with Crippen LogP contribution in [-0.4, -0.2) is 42.3 Å². The summed E-state index contributed by atoms with van der Waals surface area (Å²) < 4.78 is 73.9. The molecule has 0 aromatic carbocycles. The fraction of sp³-hybridized carbons (Fsp3) is 0.889. The Morgan fingerprint density at radius 1 is 1.17 bits per heavy atom. The number of piperidine rings is 1. The van der Waals surface area contributed by atoms with E-state index in [2.05, 4.69) is 0 Å². The van der Waals surface area contributed by atoms with Crippen molar-refractivity contribution in [3.05, 3.63) is 0 Å². The van der Waals surface area contributed by atoms with Crippen LogP contribution >= 0.6 is 0 Å². The maximum atomic E-state index is 12.3. The van der Waals surface area contributed by atoms with Gasteiger partial charge in [0.25, 0.3) is 0 Å². The van der Waals surface area contributed by atoms with E-state index in [0.29, 0.717) is 17.7 Å². The second-order valence-corrected chi connectivity index (χ2v) is 4.20. The Balaban J connectivity index is 2.90. The minimum atomic E-state index is -5.64. The average Bonchev–Trinajstić information content (AvgIpc) is 2.12. The van der Waals surface area contributed by atoms with Crippen molar-refractivity contribution in [3.63, 3.8) is 0 Å². The van der Waals surface area contributed by atoms with Gasteiger partial charge in [-0.25, -0.2) is 0 Å². The van der Waals surface area contributed by atoms with Crippen molar-refractivity contribution in [2.24, 2.45) is 11.7 Å². The number of nitrogens with two attached hydrogens (primary N) is 1. The van der Waals surface area contributed by atoms with Crippen LogP contribution in [0.25, 0.3) is 0 Å². The quantitative estimate of drug-likeness (QED) is 0.742. The van der Waals surface area contributed by atoms with Gasteiger partial charge in [0.15, 0.2) is 0 Å². The van der Waals surface area contributed by atoms with Crippen molar-refractivity contribution < 1.29 is 31.1 Å². The van der Waals surface area contributed by atoms with Crippen LogP contribution in [0.2, 0.25) is 0 Å². The molecule has 1 aliphatic heterocycles. The van der Waals surface area contributed by atoms with Crippen LogP contribution in [0.1, 0.15) is 12.8 Å². The molecular formula is C9H12F6N2O. The van der Waals surface area contributed by atoms with Gasteiger partial charge in [-0.1, -0.05) is 0 Å². The number of nitrogens with zero attached hydrogens (tertiary/aromatic N) is 1. The molecule has 2 N–H and O–H groups in total. The van der Waals surface area contributed by atoms with E-state index in [9.17, 15) is 31.1 Å². The number of carbonyl (C=O) groups excluding carboxylic acids is 1. The Labute approximate surface area is 98.9 Å². The first kappa shape index (κ1) is 15.1. The smallest absolute Gasteiger partial charge is 0.340 e. The first-order chi connectivity index (χ1) is 8.03. The number of halogens is 6. The highest BCUT2D eigenvalue weighted by atomic mass is 19.4. The third-order valence-corrected chi connectivity index (χ3v) is 2.67. The molecule has 0 bridgehead atoms. The number of likely N-dealkylation sites (tertiary alicyclic amines) is 1. The molecule has 1 heterocycles. The zero-order valence-electron chi connectivity index (χ0n) is 9.18. The lowest BCUT2D eigenvalue weighted by Gasteiger charge is -2.34.